The third-order valence-electron chi connectivity index (χ3n) is 7.97. The molecule has 1 saturated carbocycles. The predicted molar refractivity (Wildman–Crippen MR) is 142 cm³/mol. The van der Waals surface area contributed by atoms with Gasteiger partial charge in [0.2, 0.25) is 0 Å². The average Bonchev–Trinajstić information content (AvgIpc) is 3.35. The van der Waals surface area contributed by atoms with E-state index in [1.165, 1.54) is 23.6 Å². The Kier molecular flexibility index (Phi) is 6.87. The molecule has 1 N–H and O–H groups in total. The Morgan fingerprint density at radius 1 is 1.03 bits per heavy atom. The molecule has 0 spiro atoms. The Hall–Kier alpha value is -3.18. The van der Waals surface area contributed by atoms with Gasteiger partial charge in [0.1, 0.15) is 5.75 Å². The second-order valence-electron chi connectivity index (χ2n) is 10.1. The summed E-state index contributed by atoms with van der Waals surface area (Å²) in [5.41, 5.74) is 3.09. The van der Waals surface area contributed by atoms with Crippen LogP contribution in [-0.2, 0) is 4.79 Å². The molecule has 182 valence electrons. The molecular formula is C30H35N3O2. The Labute approximate surface area is 208 Å². The second kappa shape index (κ2) is 10.2. The maximum absolute atomic E-state index is 13.5. The van der Waals surface area contributed by atoms with Gasteiger partial charge in [-0.3, -0.25) is 4.79 Å². The number of nitrogens with one attached hydrogen (secondary N) is 1. The first-order valence-electron chi connectivity index (χ1n) is 12.8. The number of nitrogens with zero attached hydrogens (tertiary/aromatic N) is 2. The van der Waals surface area contributed by atoms with Gasteiger partial charge in [-0.15, -0.1) is 0 Å². The van der Waals surface area contributed by atoms with Gasteiger partial charge in [0, 0.05) is 12.5 Å². The highest BCUT2D eigenvalue weighted by molar-refractivity contribution is 6.05. The first kappa shape index (κ1) is 23.6. The highest BCUT2D eigenvalue weighted by atomic mass is 16.5. The quantitative estimate of drug-likeness (QED) is 0.486. The summed E-state index contributed by atoms with van der Waals surface area (Å²) in [6, 6.07) is 23.0. The number of hydrogen-bond donors (Lipinski definition) is 1. The minimum absolute atomic E-state index is 0.0204. The molecule has 5 rings (SSSR count). The number of hydrogen-bond acceptors (Lipinski definition) is 4. The molecule has 1 amide bonds. The SMILES string of the molecule is COc1ccc([C@@H]2CC(c3ccc4ccccc4c3)=NN2C(=O)CN[C@H]2CCC[C@@H](C)[C@@H]2C)cc1. The number of rotatable bonds is 6. The Morgan fingerprint density at radius 2 is 1.80 bits per heavy atom. The summed E-state index contributed by atoms with van der Waals surface area (Å²) in [5.74, 6) is 2.09. The molecule has 1 heterocycles. The van der Waals surface area contributed by atoms with E-state index < -0.39 is 0 Å². The number of ether oxygens (including phenoxy) is 1. The van der Waals surface area contributed by atoms with Gasteiger partial charge in [0.25, 0.3) is 5.91 Å². The van der Waals surface area contributed by atoms with Crippen molar-refractivity contribution in [3.63, 3.8) is 0 Å². The highest BCUT2D eigenvalue weighted by Crippen LogP contribution is 2.34. The number of hydrazone groups is 1. The fourth-order valence-electron chi connectivity index (χ4n) is 5.54. The molecule has 0 bridgehead atoms. The fraction of sp³-hybridized carbons (Fsp3) is 0.400. The van der Waals surface area contributed by atoms with Gasteiger partial charge in [-0.1, -0.05) is 75.2 Å². The van der Waals surface area contributed by atoms with Crippen LogP contribution in [0.3, 0.4) is 0 Å². The zero-order valence-corrected chi connectivity index (χ0v) is 20.9. The lowest BCUT2D eigenvalue weighted by Crippen LogP contribution is -2.45. The minimum Gasteiger partial charge on any atom is -0.497 e. The number of benzene rings is 3. The number of methoxy groups -OCH3 is 1. The van der Waals surface area contributed by atoms with Crippen molar-refractivity contribution in [3.8, 4) is 5.75 Å². The Balaban J connectivity index is 1.40. The van der Waals surface area contributed by atoms with Crippen molar-refractivity contribution in [3.05, 3.63) is 77.9 Å². The molecule has 4 atom stereocenters. The van der Waals surface area contributed by atoms with E-state index in [-0.39, 0.29) is 11.9 Å². The van der Waals surface area contributed by atoms with E-state index in [4.69, 9.17) is 9.84 Å². The van der Waals surface area contributed by atoms with Gasteiger partial charge >= 0.3 is 0 Å². The molecule has 2 aliphatic rings. The molecule has 5 heteroatoms. The van der Waals surface area contributed by atoms with Gasteiger partial charge in [0.15, 0.2) is 0 Å². The monoisotopic (exact) mass is 469 g/mol. The lowest BCUT2D eigenvalue weighted by molar-refractivity contribution is -0.132. The highest BCUT2D eigenvalue weighted by Gasteiger charge is 2.34. The van der Waals surface area contributed by atoms with Gasteiger partial charge < -0.3 is 10.1 Å². The summed E-state index contributed by atoms with van der Waals surface area (Å²) in [7, 11) is 1.67. The van der Waals surface area contributed by atoms with Crippen LogP contribution in [0.15, 0.2) is 71.8 Å². The summed E-state index contributed by atoms with van der Waals surface area (Å²) in [6.07, 6.45) is 4.32. The first-order valence-corrected chi connectivity index (χ1v) is 12.8. The normalized spacial score (nSPS) is 24.4. The van der Waals surface area contributed by atoms with Crippen molar-refractivity contribution in [1.29, 1.82) is 0 Å². The molecule has 1 fully saturated rings. The summed E-state index contributed by atoms with van der Waals surface area (Å²) >= 11 is 0. The summed E-state index contributed by atoms with van der Waals surface area (Å²) < 4.78 is 5.34. The Morgan fingerprint density at radius 3 is 2.57 bits per heavy atom. The van der Waals surface area contributed by atoms with Gasteiger partial charge in [-0.25, -0.2) is 5.01 Å². The van der Waals surface area contributed by atoms with Gasteiger partial charge in [-0.05, 0) is 58.4 Å². The van der Waals surface area contributed by atoms with Crippen molar-refractivity contribution >= 4 is 22.4 Å². The zero-order chi connectivity index (χ0) is 24.4. The van der Waals surface area contributed by atoms with Crippen LogP contribution in [0.1, 0.15) is 56.7 Å². The van der Waals surface area contributed by atoms with E-state index in [9.17, 15) is 4.79 Å². The minimum atomic E-state index is -0.126. The smallest absolute Gasteiger partial charge is 0.257 e. The van der Waals surface area contributed by atoms with Crippen LogP contribution in [-0.4, -0.2) is 36.3 Å². The van der Waals surface area contributed by atoms with E-state index in [0.29, 0.717) is 30.8 Å². The molecule has 3 aromatic rings. The van der Waals surface area contributed by atoms with Crippen LogP contribution in [0, 0.1) is 11.8 Å². The largest absolute Gasteiger partial charge is 0.497 e. The number of fused-ring (bicyclic) bond motifs is 1. The van der Waals surface area contributed by atoms with Crippen LogP contribution >= 0.6 is 0 Å². The average molecular weight is 470 g/mol. The van der Waals surface area contributed by atoms with Crippen molar-refractivity contribution in [2.75, 3.05) is 13.7 Å². The van der Waals surface area contributed by atoms with Crippen LogP contribution < -0.4 is 10.1 Å². The maximum Gasteiger partial charge on any atom is 0.257 e. The standard InChI is InChI=1S/C30H35N3O2/c1-20-7-6-10-27(21(20)2)31-19-30(34)33-29(23-13-15-26(35-3)16-14-23)18-28(32-33)25-12-11-22-8-4-5-9-24(22)17-25/h4-5,8-9,11-17,20-21,27,29,31H,6-7,10,18-19H2,1-3H3/t20-,21+,27+,29+/m1/s1. The molecule has 1 aliphatic heterocycles. The molecule has 0 saturated heterocycles. The lowest BCUT2D eigenvalue weighted by atomic mass is 9.78. The lowest BCUT2D eigenvalue weighted by Gasteiger charge is -2.35. The van der Waals surface area contributed by atoms with Crippen LogP contribution in [0.25, 0.3) is 10.8 Å². The third kappa shape index (κ3) is 4.96. The van der Waals surface area contributed by atoms with Crippen LogP contribution in [0.4, 0.5) is 0 Å². The molecule has 0 radical (unpaired) electrons. The van der Waals surface area contributed by atoms with Crippen LogP contribution in [0.2, 0.25) is 0 Å². The molecule has 35 heavy (non-hydrogen) atoms. The first-order chi connectivity index (χ1) is 17.0. The van der Waals surface area contributed by atoms with Crippen molar-refractivity contribution < 1.29 is 9.53 Å². The van der Waals surface area contributed by atoms with E-state index in [1.807, 2.05) is 24.3 Å². The Bertz CT molecular complexity index is 1220. The van der Waals surface area contributed by atoms with E-state index in [1.54, 1.807) is 12.1 Å². The molecule has 0 unspecified atom stereocenters. The van der Waals surface area contributed by atoms with Crippen molar-refractivity contribution in [2.45, 2.75) is 51.6 Å². The number of amides is 1. The van der Waals surface area contributed by atoms with Crippen LogP contribution in [0.5, 0.6) is 5.75 Å². The molecule has 1 aliphatic carbocycles. The zero-order valence-electron chi connectivity index (χ0n) is 20.9. The topological polar surface area (TPSA) is 53.9 Å². The van der Waals surface area contributed by atoms with Gasteiger partial charge in [0.05, 0.1) is 25.4 Å². The van der Waals surface area contributed by atoms with E-state index >= 15 is 0 Å². The maximum atomic E-state index is 13.5. The van der Waals surface area contributed by atoms with E-state index in [0.717, 1.165) is 29.0 Å². The molecule has 0 aromatic heterocycles. The summed E-state index contributed by atoms with van der Waals surface area (Å²) in [6.45, 7) is 4.93. The van der Waals surface area contributed by atoms with E-state index in [2.05, 4.69) is 61.6 Å². The fourth-order valence-corrected chi connectivity index (χ4v) is 5.54. The summed E-state index contributed by atoms with van der Waals surface area (Å²) in [4.78, 5) is 13.5. The molecular weight excluding hydrogens is 434 g/mol. The van der Waals surface area contributed by atoms with Crippen molar-refractivity contribution in [2.24, 2.45) is 16.9 Å². The number of carbonyl (C=O) groups is 1. The predicted octanol–water partition coefficient (Wildman–Crippen LogP) is 5.94. The second-order valence-corrected chi connectivity index (χ2v) is 10.1. The van der Waals surface area contributed by atoms with Gasteiger partial charge in [-0.2, -0.15) is 5.10 Å². The molecule has 3 aromatic carbocycles. The van der Waals surface area contributed by atoms with Crippen molar-refractivity contribution in [1.82, 2.24) is 10.3 Å². The molecule has 5 nitrogen and oxygen atoms in total. The third-order valence-corrected chi connectivity index (χ3v) is 7.97. The number of carbonyl (C=O) groups excluding carboxylic acids is 1. The summed E-state index contributed by atoms with van der Waals surface area (Å²) in [5, 5.41) is 12.5.